The molecule has 1 fully saturated rings. The fraction of sp³-hybridized carbons (Fsp3) is 0.600. The normalized spacial score (nSPS) is 18.2. The summed E-state index contributed by atoms with van der Waals surface area (Å²) in [4.78, 5) is 27.5. The van der Waals surface area contributed by atoms with Gasteiger partial charge in [-0.3, -0.25) is 9.59 Å². The van der Waals surface area contributed by atoms with Crippen molar-refractivity contribution < 1.29 is 9.59 Å². The van der Waals surface area contributed by atoms with E-state index in [1.165, 1.54) is 23.8 Å². The first-order valence-electron chi connectivity index (χ1n) is 7.59. The van der Waals surface area contributed by atoms with Crippen molar-refractivity contribution in [3.05, 3.63) is 16.0 Å². The maximum absolute atomic E-state index is 12.9. The number of piperazine rings is 1. The minimum atomic E-state index is -0.108. The Balaban J connectivity index is 1.95. The molecule has 2 heterocycles. The maximum atomic E-state index is 12.9. The van der Waals surface area contributed by atoms with Crippen molar-refractivity contribution in [2.24, 2.45) is 0 Å². The van der Waals surface area contributed by atoms with Gasteiger partial charge in [-0.1, -0.05) is 0 Å². The molecule has 21 heavy (non-hydrogen) atoms. The fourth-order valence-corrected chi connectivity index (χ4v) is 4.39. The van der Waals surface area contributed by atoms with Gasteiger partial charge < -0.3 is 15.5 Å². The minimum absolute atomic E-state index is 0.0830. The van der Waals surface area contributed by atoms with Crippen molar-refractivity contribution >= 4 is 28.2 Å². The monoisotopic (exact) mass is 307 g/mol. The van der Waals surface area contributed by atoms with Gasteiger partial charge in [-0.15, -0.1) is 11.3 Å². The largest absolute Gasteiger partial charge is 0.336 e. The molecular formula is C15H21N3O2S. The predicted molar refractivity (Wildman–Crippen MR) is 84.0 cm³/mol. The van der Waals surface area contributed by atoms with Crippen LogP contribution >= 0.6 is 11.3 Å². The number of fused-ring (bicyclic) bond motifs is 1. The number of rotatable bonds is 2. The van der Waals surface area contributed by atoms with Gasteiger partial charge in [0, 0.05) is 38.0 Å². The molecule has 0 atom stereocenters. The minimum Gasteiger partial charge on any atom is -0.336 e. The van der Waals surface area contributed by atoms with Gasteiger partial charge in [0.2, 0.25) is 5.91 Å². The number of carbonyl (C=O) groups excluding carboxylic acids is 2. The zero-order chi connectivity index (χ0) is 14.8. The number of nitrogens with zero attached hydrogens (tertiary/aromatic N) is 1. The van der Waals surface area contributed by atoms with Gasteiger partial charge in [0.1, 0.15) is 5.00 Å². The van der Waals surface area contributed by atoms with E-state index < -0.39 is 0 Å². The van der Waals surface area contributed by atoms with Gasteiger partial charge in [0.05, 0.1) is 5.56 Å². The number of anilines is 1. The smallest absolute Gasteiger partial charge is 0.257 e. The third kappa shape index (κ3) is 2.96. The van der Waals surface area contributed by atoms with Crippen LogP contribution in [0.4, 0.5) is 5.00 Å². The lowest BCUT2D eigenvalue weighted by atomic mass is 9.95. The standard InChI is InChI=1S/C15H21N3O2S/c1-10(19)17-14-13(11-4-2-3-5-12(11)21-14)15(20)18-8-6-16-7-9-18/h16H,2-9H2,1H3,(H,17,19). The molecule has 114 valence electrons. The van der Waals surface area contributed by atoms with Gasteiger partial charge in [-0.25, -0.2) is 0 Å². The molecule has 0 radical (unpaired) electrons. The molecule has 1 aliphatic heterocycles. The summed E-state index contributed by atoms with van der Waals surface area (Å²) >= 11 is 1.59. The number of carbonyl (C=O) groups is 2. The van der Waals surface area contributed by atoms with Crippen LogP contribution in [-0.4, -0.2) is 42.9 Å². The Labute approximate surface area is 128 Å². The van der Waals surface area contributed by atoms with E-state index in [-0.39, 0.29) is 11.8 Å². The van der Waals surface area contributed by atoms with E-state index in [2.05, 4.69) is 10.6 Å². The summed E-state index contributed by atoms with van der Waals surface area (Å²) in [6.07, 6.45) is 4.29. The summed E-state index contributed by atoms with van der Waals surface area (Å²) in [5.41, 5.74) is 1.94. The number of aryl methyl sites for hydroxylation is 1. The molecule has 0 unspecified atom stereocenters. The average molecular weight is 307 g/mol. The Kier molecular flexibility index (Phi) is 4.26. The summed E-state index contributed by atoms with van der Waals surface area (Å²) in [7, 11) is 0. The molecule has 0 aromatic carbocycles. The predicted octanol–water partition coefficient (Wildman–Crippen LogP) is 1.63. The maximum Gasteiger partial charge on any atom is 0.257 e. The van der Waals surface area contributed by atoms with E-state index in [1.807, 2.05) is 4.90 Å². The molecule has 3 rings (SSSR count). The molecule has 6 heteroatoms. The van der Waals surface area contributed by atoms with Crippen LogP contribution in [0.5, 0.6) is 0 Å². The number of thiophene rings is 1. The Bertz CT molecular complexity index is 562. The lowest BCUT2D eigenvalue weighted by Gasteiger charge is -2.28. The van der Waals surface area contributed by atoms with Crippen molar-refractivity contribution in [2.45, 2.75) is 32.6 Å². The summed E-state index contributed by atoms with van der Waals surface area (Å²) in [6.45, 7) is 4.66. The summed E-state index contributed by atoms with van der Waals surface area (Å²) < 4.78 is 0. The molecular weight excluding hydrogens is 286 g/mol. The molecule has 1 aromatic heterocycles. The van der Waals surface area contributed by atoms with E-state index in [4.69, 9.17) is 0 Å². The molecule has 1 saturated heterocycles. The van der Waals surface area contributed by atoms with Crippen LogP contribution < -0.4 is 10.6 Å². The Hall–Kier alpha value is -1.40. The molecule has 2 aliphatic rings. The number of amides is 2. The molecule has 1 aromatic rings. The van der Waals surface area contributed by atoms with E-state index >= 15 is 0 Å². The molecule has 2 amide bonds. The molecule has 0 saturated carbocycles. The van der Waals surface area contributed by atoms with Crippen molar-refractivity contribution in [1.29, 1.82) is 0 Å². The fourth-order valence-electron chi connectivity index (χ4n) is 3.07. The Morgan fingerprint density at radius 1 is 1.19 bits per heavy atom. The van der Waals surface area contributed by atoms with E-state index in [9.17, 15) is 9.59 Å². The van der Waals surface area contributed by atoms with Crippen LogP contribution in [0.1, 0.15) is 40.6 Å². The second-order valence-electron chi connectivity index (χ2n) is 5.64. The van der Waals surface area contributed by atoms with Crippen LogP contribution in [-0.2, 0) is 17.6 Å². The zero-order valence-electron chi connectivity index (χ0n) is 12.3. The van der Waals surface area contributed by atoms with E-state index in [1.54, 1.807) is 11.3 Å². The first kappa shape index (κ1) is 14.5. The van der Waals surface area contributed by atoms with E-state index in [0.29, 0.717) is 0 Å². The number of hydrogen-bond donors (Lipinski definition) is 2. The van der Waals surface area contributed by atoms with Crippen LogP contribution in [0.15, 0.2) is 0 Å². The molecule has 5 nitrogen and oxygen atoms in total. The second kappa shape index (κ2) is 6.15. The highest BCUT2D eigenvalue weighted by Gasteiger charge is 2.29. The van der Waals surface area contributed by atoms with Crippen molar-refractivity contribution in [1.82, 2.24) is 10.2 Å². The summed E-state index contributed by atoms with van der Waals surface area (Å²) in [6, 6.07) is 0. The SMILES string of the molecule is CC(=O)Nc1sc2c(c1C(=O)N1CCNCC1)CCCC2. The Morgan fingerprint density at radius 2 is 1.90 bits per heavy atom. The third-order valence-corrected chi connectivity index (χ3v) is 5.29. The van der Waals surface area contributed by atoms with Gasteiger partial charge in [0.15, 0.2) is 0 Å². The third-order valence-electron chi connectivity index (χ3n) is 4.08. The first-order chi connectivity index (χ1) is 10.2. The lowest BCUT2D eigenvalue weighted by molar-refractivity contribution is -0.114. The summed E-state index contributed by atoms with van der Waals surface area (Å²) in [5.74, 6) is -0.0254. The van der Waals surface area contributed by atoms with Crippen molar-refractivity contribution in [3.63, 3.8) is 0 Å². The number of hydrogen-bond acceptors (Lipinski definition) is 4. The van der Waals surface area contributed by atoms with Crippen LogP contribution in [0.3, 0.4) is 0 Å². The second-order valence-corrected chi connectivity index (χ2v) is 6.74. The van der Waals surface area contributed by atoms with Gasteiger partial charge in [-0.05, 0) is 31.2 Å². The highest BCUT2D eigenvalue weighted by Crippen LogP contribution is 2.38. The van der Waals surface area contributed by atoms with Crippen LogP contribution in [0.25, 0.3) is 0 Å². The zero-order valence-corrected chi connectivity index (χ0v) is 13.1. The van der Waals surface area contributed by atoms with Crippen molar-refractivity contribution in [2.75, 3.05) is 31.5 Å². The van der Waals surface area contributed by atoms with Gasteiger partial charge in [0.25, 0.3) is 5.91 Å². The summed E-state index contributed by atoms with van der Waals surface area (Å²) in [5, 5.41) is 6.88. The van der Waals surface area contributed by atoms with Gasteiger partial charge in [-0.2, -0.15) is 0 Å². The van der Waals surface area contributed by atoms with Crippen LogP contribution in [0.2, 0.25) is 0 Å². The van der Waals surface area contributed by atoms with Gasteiger partial charge >= 0.3 is 0 Å². The molecule has 1 aliphatic carbocycles. The molecule has 2 N–H and O–H groups in total. The Morgan fingerprint density at radius 3 is 2.62 bits per heavy atom. The molecule has 0 bridgehead atoms. The number of nitrogens with one attached hydrogen (secondary N) is 2. The average Bonchev–Trinajstić information content (AvgIpc) is 2.84. The molecule has 0 spiro atoms. The van der Waals surface area contributed by atoms with E-state index in [0.717, 1.165) is 56.0 Å². The van der Waals surface area contributed by atoms with Crippen molar-refractivity contribution in [3.8, 4) is 0 Å². The van der Waals surface area contributed by atoms with Crippen LogP contribution in [0, 0.1) is 0 Å². The first-order valence-corrected chi connectivity index (χ1v) is 8.40. The topological polar surface area (TPSA) is 61.4 Å². The highest BCUT2D eigenvalue weighted by molar-refractivity contribution is 7.17. The lowest BCUT2D eigenvalue weighted by Crippen LogP contribution is -2.46. The quantitative estimate of drug-likeness (QED) is 0.873. The highest BCUT2D eigenvalue weighted by atomic mass is 32.1.